The van der Waals surface area contributed by atoms with Gasteiger partial charge in [0.2, 0.25) is 0 Å². The summed E-state index contributed by atoms with van der Waals surface area (Å²) in [4.78, 5) is 0. The van der Waals surface area contributed by atoms with Gasteiger partial charge in [0, 0.05) is 12.5 Å². The number of aliphatic hydroxyl groups excluding tert-OH is 1. The Morgan fingerprint density at radius 3 is 2.58 bits per heavy atom. The van der Waals surface area contributed by atoms with Crippen LogP contribution in [0.5, 0.6) is 0 Å². The van der Waals surface area contributed by atoms with Crippen molar-refractivity contribution < 1.29 is 9.84 Å². The second kappa shape index (κ2) is 5.55. The highest BCUT2D eigenvalue weighted by Gasteiger charge is 2.24. The number of hydrogen-bond donors (Lipinski definition) is 1. The molecule has 0 aromatic carbocycles. The van der Waals surface area contributed by atoms with E-state index in [4.69, 9.17) is 9.84 Å². The highest BCUT2D eigenvalue weighted by molar-refractivity contribution is 4.98. The van der Waals surface area contributed by atoms with Crippen molar-refractivity contribution in [3.05, 3.63) is 5.92 Å². The lowest BCUT2D eigenvalue weighted by molar-refractivity contribution is 0.127. The van der Waals surface area contributed by atoms with Crippen molar-refractivity contribution in [3.8, 4) is 0 Å². The molecular formula is C10H19O2. The predicted molar refractivity (Wildman–Crippen MR) is 48.8 cm³/mol. The minimum atomic E-state index is 0.213. The Balaban J connectivity index is 2.22. The molecule has 0 amide bonds. The Kier molecular flexibility index (Phi) is 4.62. The van der Waals surface area contributed by atoms with Gasteiger partial charge in [-0.3, -0.25) is 0 Å². The van der Waals surface area contributed by atoms with Crippen LogP contribution in [0.3, 0.4) is 0 Å². The van der Waals surface area contributed by atoms with Crippen LogP contribution in [0.2, 0.25) is 0 Å². The van der Waals surface area contributed by atoms with E-state index < -0.39 is 0 Å². The average Bonchev–Trinajstić information content (AvgIpc) is 2.59. The zero-order valence-electron chi connectivity index (χ0n) is 7.88. The first-order valence-corrected chi connectivity index (χ1v) is 4.91. The third kappa shape index (κ3) is 2.76. The number of hydrogen-bond acceptors (Lipinski definition) is 2. The summed E-state index contributed by atoms with van der Waals surface area (Å²) >= 11 is 0. The molecular weight excluding hydrogens is 152 g/mol. The van der Waals surface area contributed by atoms with E-state index >= 15 is 0 Å². The van der Waals surface area contributed by atoms with Crippen LogP contribution in [0.4, 0.5) is 0 Å². The highest BCUT2D eigenvalue weighted by atomic mass is 16.5. The maximum absolute atomic E-state index is 9.10. The summed E-state index contributed by atoms with van der Waals surface area (Å²) in [6.07, 6.45) is 5.15. The summed E-state index contributed by atoms with van der Waals surface area (Å²) in [5.41, 5.74) is 0. The van der Waals surface area contributed by atoms with Crippen molar-refractivity contribution in [1.29, 1.82) is 0 Å². The van der Waals surface area contributed by atoms with E-state index in [1.165, 1.54) is 31.6 Å². The van der Waals surface area contributed by atoms with Gasteiger partial charge >= 0.3 is 0 Å². The van der Waals surface area contributed by atoms with Crippen LogP contribution in [-0.2, 0) is 4.74 Å². The molecule has 1 saturated carbocycles. The lowest BCUT2D eigenvalue weighted by Gasteiger charge is -2.19. The fourth-order valence-electron chi connectivity index (χ4n) is 1.86. The molecule has 71 valence electrons. The molecule has 1 aliphatic rings. The van der Waals surface area contributed by atoms with Gasteiger partial charge in [-0.2, -0.15) is 0 Å². The Morgan fingerprint density at radius 2 is 2.08 bits per heavy atom. The second-order valence-electron chi connectivity index (χ2n) is 3.43. The van der Waals surface area contributed by atoms with Gasteiger partial charge in [0.05, 0.1) is 13.2 Å². The lowest BCUT2D eigenvalue weighted by Crippen LogP contribution is -2.19. The van der Waals surface area contributed by atoms with Gasteiger partial charge in [0.15, 0.2) is 0 Å². The summed E-state index contributed by atoms with van der Waals surface area (Å²) in [6.45, 7) is 3.61. The minimum Gasteiger partial charge on any atom is -0.396 e. The molecule has 1 rings (SSSR count). The molecule has 2 heteroatoms. The molecule has 1 aliphatic carbocycles. The smallest absolute Gasteiger partial charge is 0.0554 e. The minimum absolute atomic E-state index is 0.213. The van der Waals surface area contributed by atoms with Gasteiger partial charge in [-0.15, -0.1) is 0 Å². The topological polar surface area (TPSA) is 29.5 Å². The van der Waals surface area contributed by atoms with Crippen LogP contribution in [0.25, 0.3) is 0 Å². The van der Waals surface area contributed by atoms with E-state index in [2.05, 4.69) is 0 Å². The quantitative estimate of drug-likeness (QED) is 0.683. The fraction of sp³-hybridized carbons (Fsp3) is 0.900. The third-order valence-corrected chi connectivity index (χ3v) is 2.63. The molecule has 0 aliphatic heterocycles. The van der Waals surface area contributed by atoms with Gasteiger partial charge in [-0.05, 0) is 25.7 Å². The monoisotopic (exact) mass is 171 g/mol. The highest BCUT2D eigenvalue weighted by Crippen LogP contribution is 2.32. The second-order valence-corrected chi connectivity index (χ2v) is 3.43. The predicted octanol–water partition coefficient (Wildman–Crippen LogP) is 1.78. The molecule has 0 bridgehead atoms. The Morgan fingerprint density at radius 1 is 1.42 bits per heavy atom. The summed E-state index contributed by atoms with van der Waals surface area (Å²) in [5.74, 6) is 1.84. The zero-order valence-corrected chi connectivity index (χ0v) is 7.88. The molecule has 0 atom stereocenters. The van der Waals surface area contributed by atoms with Crippen molar-refractivity contribution in [1.82, 2.24) is 0 Å². The van der Waals surface area contributed by atoms with Gasteiger partial charge in [-0.25, -0.2) is 0 Å². The lowest BCUT2D eigenvalue weighted by atomic mass is 9.92. The SMILES string of the molecule is CCOC[C](CO)C1CCCC1. The zero-order chi connectivity index (χ0) is 8.81. The van der Waals surface area contributed by atoms with Crippen LogP contribution >= 0.6 is 0 Å². The Bertz CT molecular complexity index is 108. The molecule has 1 N–H and O–H groups in total. The Labute approximate surface area is 74.9 Å². The summed E-state index contributed by atoms with van der Waals surface area (Å²) in [6, 6.07) is 0. The molecule has 0 unspecified atom stereocenters. The molecule has 0 saturated heterocycles. The molecule has 1 fully saturated rings. The normalized spacial score (nSPS) is 19.2. The van der Waals surface area contributed by atoms with E-state index in [1.54, 1.807) is 0 Å². The number of aliphatic hydroxyl groups is 1. The molecule has 0 aromatic heterocycles. The number of ether oxygens (including phenoxy) is 1. The van der Waals surface area contributed by atoms with E-state index in [0.29, 0.717) is 12.5 Å². The molecule has 2 nitrogen and oxygen atoms in total. The van der Waals surface area contributed by atoms with E-state index in [1.807, 2.05) is 6.92 Å². The van der Waals surface area contributed by atoms with Crippen molar-refractivity contribution in [2.24, 2.45) is 5.92 Å². The molecule has 1 radical (unpaired) electrons. The third-order valence-electron chi connectivity index (χ3n) is 2.63. The first kappa shape index (κ1) is 10.0. The van der Waals surface area contributed by atoms with Crippen molar-refractivity contribution in [2.75, 3.05) is 19.8 Å². The molecule has 0 heterocycles. The van der Waals surface area contributed by atoms with Crippen molar-refractivity contribution in [3.63, 3.8) is 0 Å². The summed E-state index contributed by atoms with van der Waals surface area (Å²) < 4.78 is 5.30. The molecule has 0 aromatic rings. The standard InChI is InChI=1S/C10H19O2/c1-2-12-8-10(7-11)9-5-3-4-6-9/h9,11H,2-8H2,1H3. The van der Waals surface area contributed by atoms with Crippen LogP contribution in [0.15, 0.2) is 0 Å². The maximum atomic E-state index is 9.10. The van der Waals surface area contributed by atoms with E-state index in [0.717, 1.165) is 6.61 Å². The first-order valence-electron chi connectivity index (χ1n) is 4.91. The first-order chi connectivity index (χ1) is 5.88. The van der Waals surface area contributed by atoms with E-state index in [9.17, 15) is 0 Å². The molecule has 12 heavy (non-hydrogen) atoms. The maximum Gasteiger partial charge on any atom is 0.0554 e. The largest absolute Gasteiger partial charge is 0.396 e. The van der Waals surface area contributed by atoms with Crippen LogP contribution < -0.4 is 0 Å². The summed E-state index contributed by atoms with van der Waals surface area (Å²) in [7, 11) is 0. The average molecular weight is 171 g/mol. The number of rotatable bonds is 5. The van der Waals surface area contributed by atoms with Gasteiger partial charge < -0.3 is 9.84 Å². The summed E-state index contributed by atoms with van der Waals surface area (Å²) in [5, 5.41) is 9.10. The van der Waals surface area contributed by atoms with Crippen molar-refractivity contribution >= 4 is 0 Å². The van der Waals surface area contributed by atoms with Crippen LogP contribution in [0, 0.1) is 11.8 Å². The van der Waals surface area contributed by atoms with Gasteiger partial charge in [0.25, 0.3) is 0 Å². The fourth-order valence-corrected chi connectivity index (χ4v) is 1.86. The van der Waals surface area contributed by atoms with Crippen LogP contribution in [0.1, 0.15) is 32.6 Å². The van der Waals surface area contributed by atoms with Crippen LogP contribution in [-0.4, -0.2) is 24.9 Å². The van der Waals surface area contributed by atoms with E-state index in [-0.39, 0.29) is 6.61 Å². The molecule has 0 spiro atoms. The van der Waals surface area contributed by atoms with Gasteiger partial charge in [-0.1, -0.05) is 12.8 Å². The van der Waals surface area contributed by atoms with Gasteiger partial charge in [0.1, 0.15) is 0 Å². The Hall–Kier alpha value is -0.0800. The van der Waals surface area contributed by atoms with Crippen molar-refractivity contribution in [2.45, 2.75) is 32.6 Å².